The van der Waals surface area contributed by atoms with E-state index in [1.807, 2.05) is 0 Å². The number of carboxylic acid groups (broad SMARTS) is 1. The van der Waals surface area contributed by atoms with Gasteiger partial charge in [-0.25, -0.2) is 9.48 Å². The summed E-state index contributed by atoms with van der Waals surface area (Å²) in [4.78, 5) is 15.3. The quantitative estimate of drug-likeness (QED) is 0.228. The average molecular weight is 604 g/mol. The molecule has 0 amide bonds. The molecule has 6 rings (SSSR count). The molecule has 4 aromatic rings. The fourth-order valence-electron chi connectivity index (χ4n) is 5.10. The summed E-state index contributed by atoms with van der Waals surface area (Å²) in [5.41, 5.74) is -0.139. The van der Waals surface area contributed by atoms with Crippen LogP contribution in [0.4, 0.5) is 22.0 Å². The number of pyridine rings is 1. The standard InChI is InChI=1S/C29H22F5N3O6/c1-15(17-7-10-22-24(11-17)43-29(33,34)42-22)40-20-12-18(13-35-14-20)37-25-21(26(36-37)28(30,31)32)3-2-4-23(25)41-19-8-5-16(6-9-19)27(38)39/h5-15,23H,2-4H2,1H3,(H,38,39). The van der Waals surface area contributed by atoms with Crippen molar-refractivity contribution in [3.05, 3.63) is 89.0 Å². The van der Waals surface area contributed by atoms with Gasteiger partial charge < -0.3 is 24.1 Å². The molecule has 2 aromatic heterocycles. The highest BCUT2D eigenvalue weighted by atomic mass is 19.4. The molecule has 0 spiro atoms. The van der Waals surface area contributed by atoms with Crippen molar-refractivity contribution in [2.24, 2.45) is 0 Å². The van der Waals surface area contributed by atoms with Crippen LogP contribution >= 0.6 is 0 Å². The minimum atomic E-state index is -4.73. The molecule has 0 saturated heterocycles. The number of aromatic nitrogens is 3. The van der Waals surface area contributed by atoms with E-state index in [-0.39, 0.29) is 51.9 Å². The van der Waals surface area contributed by atoms with Crippen molar-refractivity contribution >= 4 is 5.97 Å². The Morgan fingerprint density at radius 1 is 1.07 bits per heavy atom. The molecular formula is C29H22F5N3O6. The number of fused-ring (bicyclic) bond motifs is 2. The molecule has 0 bridgehead atoms. The molecule has 224 valence electrons. The van der Waals surface area contributed by atoms with Gasteiger partial charge in [0.1, 0.15) is 23.7 Å². The molecular weight excluding hydrogens is 581 g/mol. The van der Waals surface area contributed by atoms with Gasteiger partial charge >= 0.3 is 18.4 Å². The smallest absolute Gasteiger partial charge is 0.484 e. The summed E-state index contributed by atoms with van der Waals surface area (Å²) in [5.74, 6) is -0.930. The molecule has 1 N–H and O–H groups in total. The first kappa shape index (κ1) is 28.2. The number of aromatic carboxylic acids is 1. The molecule has 0 radical (unpaired) electrons. The van der Waals surface area contributed by atoms with Gasteiger partial charge in [0.25, 0.3) is 0 Å². The van der Waals surface area contributed by atoms with E-state index in [4.69, 9.17) is 14.6 Å². The van der Waals surface area contributed by atoms with E-state index in [0.29, 0.717) is 18.4 Å². The molecule has 43 heavy (non-hydrogen) atoms. The number of hydrogen-bond acceptors (Lipinski definition) is 7. The van der Waals surface area contributed by atoms with Crippen LogP contribution in [0.5, 0.6) is 23.0 Å². The Hall–Kier alpha value is -4.88. The van der Waals surface area contributed by atoms with E-state index < -0.39 is 36.3 Å². The monoisotopic (exact) mass is 603 g/mol. The van der Waals surface area contributed by atoms with Gasteiger partial charge in [-0.1, -0.05) is 6.07 Å². The van der Waals surface area contributed by atoms with Gasteiger partial charge in [-0.2, -0.15) is 18.3 Å². The van der Waals surface area contributed by atoms with E-state index in [2.05, 4.69) is 19.6 Å². The van der Waals surface area contributed by atoms with Gasteiger partial charge in [0.05, 0.1) is 29.3 Å². The Morgan fingerprint density at radius 2 is 1.81 bits per heavy atom. The van der Waals surface area contributed by atoms with Crippen LogP contribution in [0.3, 0.4) is 0 Å². The SMILES string of the molecule is CC(Oc1cncc(-n2nc(C(F)(F)F)c3c2C(Oc2ccc(C(=O)O)cc2)CCC3)c1)c1ccc2c(c1)OC(F)(F)O2. The topological polar surface area (TPSA) is 105 Å². The van der Waals surface area contributed by atoms with Crippen LogP contribution in [-0.4, -0.2) is 32.1 Å². The first-order valence-corrected chi connectivity index (χ1v) is 13.1. The highest BCUT2D eigenvalue weighted by Crippen LogP contribution is 2.44. The number of rotatable bonds is 7. The zero-order valence-corrected chi connectivity index (χ0v) is 22.3. The number of nitrogens with zero attached hydrogens (tertiary/aromatic N) is 3. The van der Waals surface area contributed by atoms with Crippen molar-refractivity contribution in [1.82, 2.24) is 14.8 Å². The Kier molecular flexibility index (Phi) is 6.86. The normalized spacial score (nSPS) is 17.7. The maximum Gasteiger partial charge on any atom is 0.586 e. The van der Waals surface area contributed by atoms with Gasteiger partial charge in [-0.05, 0) is 68.1 Å². The van der Waals surface area contributed by atoms with Crippen LogP contribution in [-0.2, 0) is 12.6 Å². The number of ether oxygens (including phenoxy) is 4. The molecule has 2 aliphatic rings. The maximum absolute atomic E-state index is 14.1. The van der Waals surface area contributed by atoms with Gasteiger partial charge in [0.2, 0.25) is 0 Å². The zero-order chi connectivity index (χ0) is 30.5. The number of alkyl halides is 5. The molecule has 2 unspecified atom stereocenters. The summed E-state index contributed by atoms with van der Waals surface area (Å²) < 4.78 is 91.2. The average Bonchev–Trinajstić information content (AvgIpc) is 3.50. The van der Waals surface area contributed by atoms with Gasteiger partial charge in [-0.15, -0.1) is 8.78 Å². The molecule has 1 aliphatic carbocycles. The molecule has 2 atom stereocenters. The lowest BCUT2D eigenvalue weighted by molar-refractivity contribution is -0.286. The number of halogens is 5. The van der Waals surface area contributed by atoms with Gasteiger partial charge in [-0.3, -0.25) is 4.98 Å². The Balaban J connectivity index is 1.31. The third kappa shape index (κ3) is 5.64. The first-order chi connectivity index (χ1) is 20.4. The summed E-state index contributed by atoms with van der Waals surface area (Å²) in [7, 11) is 0. The second kappa shape index (κ2) is 10.4. The van der Waals surface area contributed by atoms with Crippen molar-refractivity contribution < 1.29 is 50.8 Å². The van der Waals surface area contributed by atoms with Crippen molar-refractivity contribution in [3.8, 4) is 28.7 Å². The Bertz CT molecular complexity index is 1690. The number of carbonyl (C=O) groups is 1. The van der Waals surface area contributed by atoms with Crippen LogP contribution < -0.4 is 18.9 Å². The van der Waals surface area contributed by atoms with E-state index in [1.165, 1.54) is 60.9 Å². The first-order valence-electron chi connectivity index (χ1n) is 13.1. The lowest BCUT2D eigenvalue weighted by Gasteiger charge is -2.26. The summed E-state index contributed by atoms with van der Waals surface area (Å²) >= 11 is 0. The van der Waals surface area contributed by atoms with E-state index in [0.717, 1.165) is 4.68 Å². The number of carboxylic acids is 1. The third-order valence-corrected chi connectivity index (χ3v) is 7.02. The lowest BCUT2D eigenvalue weighted by atomic mass is 9.93. The van der Waals surface area contributed by atoms with Crippen LogP contribution in [0, 0.1) is 0 Å². The number of hydrogen-bond donors (Lipinski definition) is 1. The largest absolute Gasteiger partial charge is 0.586 e. The Morgan fingerprint density at radius 3 is 2.53 bits per heavy atom. The van der Waals surface area contributed by atoms with Crippen molar-refractivity contribution in [3.63, 3.8) is 0 Å². The van der Waals surface area contributed by atoms with E-state index in [1.54, 1.807) is 6.92 Å². The molecule has 1 aliphatic heterocycles. The van der Waals surface area contributed by atoms with E-state index >= 15 is 0 Å². The highest BCUT2D eigenvalue weighted by Gasteiger charge is 2.44. The van der Waals surface area contributed by atoms with Crippen molar-refractivity contribution in [1.29, 1.82) is 0 Å². The summed E-state index contributed by atoms with van der Waals surface area (Å²) in [6, 6.07) is 11.2. The molecule has 9 nitrogen and oxygen atoms in total. The summed E-state index contributed by atoms with van der Waals surface area (Å²) in [5, 5.41) is 13.1. The minimum absolute atomic E-state index is 0.00255. The second-order valence-corrected chi connectivity index (χ2v) is 9.96. The van der Waals surface area contributed by atoms with E-state index in [9.17, 15) is 26.7 Å². The number of benzene rings is 2. The van der Waals surface area contributed by atoms with Crippen molar-refractivity contribution in [2.75, 3.05) is 0 Å². The molecule has 2 aromatic carbocycles. The fourth-order valence-corrected chi connectivity index (χ4v) is 5.10. The van der Waals surface area contributed by atoms with Crippen LogP contribution in [0.1, 0.15) is 64.8 Å². The fraction of sp³-hybridized carbons (Fsp3) is 0.276. The molecule has 14 heteroatoms. The predicted molar refractivity (Wildman–Crippen MR) is 138 cm³/mol. The second-order valence-electron chi connectivity index (χ2n) is 9.96. The molecule has 0 saturated carbocycles. The van der Waals surface area contributed by atoms with Crippen LogP contribution in [0.25, 0.3) is 5.69 Å². The maximum atomic E-state index is 14.1. The summed E-state index contributed by atoms with van der Waals surface area (Å²) in [6.45, 7) is 1.65. The van der Waals surface area contributed by atoms with Gasteiger partial charge in [0, 0.05) is 11.6 Å². The highest BCUT2D eigenvalue weighted by molar-refractivity contribution is 5.87. The third-order valence-electron chi connectivity index (χ3n) is 7.02. The van der Waals surface area contributed by atoms with Gasteiger partial charge in [0.15, 0.2) is 17.2 Å². The van der Waals surface area contributed by atoms with Crippen LogP contribution in [0.15, 0.2) is 60.9 Å². The van der Waals surface area contributed by atoms with Crippen molar-refractivity contribution in [2.45, 2.75) is 50.9 Å². The molecule has 0 fully saturated rings. The lowest BCUT2D eigenvalue weighted by Crippen LogP contribution is -2.25. The minimum Gasteiger partial charge on any atom is -0.484 e. The zero-order valence-electron chi connectivity index (χ0n) is 22.3. The Labute approximate surface area is 240 Å². The molecule has 3 heterocycles. The summed E-state index contributed by atoms with van der Waals surface area (Å²) in [6.07, 6.45) is -6.38. The predicted octanol–water partition coefficient (Wildman–Crippen LogP) is 6.90. The van der Waals surface area contributed by atoms with Crippen LogP contribution in [0.2, 0.25) is 0 Å².